The minimum atomic E-state index is -0.473. The molecule has 1 aliphatic rings. The zero-order valence-corrected chi connectivity index (χ0v) is 16.5. The summed E-state index contributed by atoms with van der Waals surface area (Å²) in [6.07, 6.45) is 6.19. The highest BCUT2D eigenvalue weighted by atomic mass is 16.6. The number of carbonyl (C=O) groups excluding carboxylic acids is 2. The van der Waals surface area contributed by atoms with Crippen LogP contribution in [0.2, 0.25) is 0 Å². The largest absolute Gasteiger partial charge is 0.463 e. The third-order valence-corrected chi connectivity index (χ3v) is 3.98. The second kappa shape index (κ2) is 9.39. The van der Waals surface area contributed by atoms with E-state index in [2.05, 4.69) is 10.3 Å². The molecule has 0 spiro atoms. The van der Waals surface area contributed by atoms with Crippen molar-refractivity contribution in [3.63, 3.8) is 0 Å². The fourth-order valence-electron chi connectivity index (χ4n) is 2.69. The van der Waals surface area contributed by atoms with E-state index in [1.54, 1.807) is 24.1 Å². The Morgan fingerprint density at radius 1 is 1.30 bits per heavy atom. The maximum Gasteiger partial charge on any atom is 0.410 e. The van der Waals surface area contributed by atoms with Crippen molar-refractivity contribution in [3.05, 3.63) is 30.0 Å². The lowest BCUT2D eigenvalue weighted by Crippen LogP contribution is -2.44. The Morgan fingerprint density at radius 3 is 2.56 bits per heavy atom. The molecule has 7 heteroatoms. The highest BCUT2D eigenvalue weighted by Gasteiger charge is 2.26. The lowest BCUT2D eigenvalue weighted by molar-refractivity contribution is -0.137. The van der Waals surface area contributed by atoms with Crippen LogP contribution >= 0.6 is 0 Å². The number of esters is 1. The number of hydrogen-bond acceptors (Lipinski definition) is 6. The summed E-state index contributed by atoms with van der Waals surface area (Å²) in [5.74, 6) is 0.412. The van der Waals surface area contributed by atoms with E-state index in [1.807, 2.05) is 32.9 Å². The summed E-state index contributed by atoms with van der Waals surface area (Å²) in [6.45, 7) is 9.06. The molecule has 1 saturated heterocycles. The van der Waals surface area contributed by atoms with Gasteiger partial charge in [0.2, 0.25) is 0 Å². The number of pyridine rings is 1. The van der Waals surface area contributed by atoms with Crippen LogP contribution in [0.3, 0.4) is 0 Å². The molecular formula is C20H29N3O4. The van der Waals surface area contributed by atoms with Crippen LogP contribution in [-0.4, -0.2) is 53.3 Å². The Labute approximate surface area is 160 Å². The molecule has 148 valence electrons. The normalized spacial score (nSPS) is 15.6. The highest BCUT2D eigenvalue weighted by Crippen LogP contribution is 2.18. The summed E-state index contributed by atoms with van der Waals surface area (Å²) in [5.41, 5.74) is 0.355. The monoisotopic (exact) mass is 375 g/mol. The van der Waals surface area contributed by atoms with E-state index in [0.717, 1.165) is 24.2 Å². The lowest BCUT2D eigenvalue weighted by Gasteiger charge is -2.33. The van der Waals surface area contributed by atoms with E-state index in [-0.39, 0.29) is 18.1 Å². The second-order valence-corrected chi connectivity index (χ2v) is 7.45. The van der Waals surface area contributed by atoms with Crippen LogP contribution in [0.1, 0.15) is 46.1 Å². The molecule has 0 bridgehead atoms. The van der Waals surface area contributed by atoms with E-state index in [0.29, 0.717) is 19.7 Å². The Bertz CT molecular complexity index is 657. The molecule has 1 aliphatic heterocycles. The molecule has 2 rings (SSSR count). The lowest BCUT2D eigenvalue weighted by atomic mass is 10.1. The first-order chi connectivity index (χ1) is 12.8. The van der Waals surface area contributed by atoms with E-state index < -0.39 is 5.60 Å². The second-order valence-electron chi connectivity index (χ2n) is 7.45. The van der Waals surface area contributed by atoms with Gasteiger partial charge >= 0.3 is 12.1 Å². The van der Waals surface area contributed by atoms with Gasteiger partial charge in [0.05, 0.1) is 6.61 Å². The number of likely N-dealkylation sites (tertiary alicyclic amines) is 1. The highest BCUT2D eigenvalue weighted by molar-refractivity contribution is 5.86. The molecule has 7 nitrogen and oxygen atoms in total. The molecule has 0 atom stereocenters. The first-order valence-corrected chi connectivity index (χ1v) is 9.32. The molecule has 27 heavy (non-hydrogen) atoms. The van der Waals surface area contributed by atoms with Crippen LogP contribution in [0.25, 0.3) is 6.08 Å². The van der Waals surface area contributed by atoms with Crippen molar-refractivity contribution in [1.82, 2.24) is 9.88 Å². The van der Waals surface area contributed by atoms with Gasteiger partial charge in [-0.1, -0.05) is 0 Å². The molecule has 0 aliphatic carbocycles. The van der Waals surface area contributed by atoms with Gasteiger partial charge < -0.3 is 19.7 Å². The maximum absolute atomic E-state index is 12.1. The fourth-order valence-corrected chi connectivity index (χ4v) is 2.69. The molecule has 0 radical (unpaired) electrons. The van der Waals surface area contributed by atoms with Crippen LogP contribution < -0.4 is 5.32 Å². The number of ether oxygens (including phenoxy) is 2. The van der Waals surface area contributed by atoms with Crippen molar-refractivity contribution in [2.45, 2.75) is 52.2 Å². The van der Waals surface area contributed by atoms with Crippen molar-refractivity contribution < 1.29 is 19.1 Å². The first kappa shape index (κ1) is 20.7. The molecule has 0 saturated carbocycles. The number of nitrogens with one attached hydrogen (secondary N) is 1. The Morgan fingerprint density at radius 2 is 2.00 bits per heavy atom. The van der Waals surface area contributed by atoms with E-state index in [9.17, 15) is 9.59 Å². The van der Waals surface area contributed by atoms with E-state index in [4.69, 9.17) is 9.47 Å². The SMILES string of the molecule is CCOC(=O)/C=C/c1ccc(NC2CCN(C(=O)OC(C)(C)C)CC2)nc1. The van der Waals surface area contributed by atoms with Crippen molar-refractivity contribution in [1.29, 1.82) is 0 Å². The minimum Gasteiger partial charge on any atom is -0.463 e. The molecule has 0 aromatic carbocycles. The van der Waals surface area contributed by atoms with Gasteiger partial charge in [0.1, 0.15) is 11.4 Å². The molecule has 2 heterocycles. The van der Waals surface area contributed by atoms with Crippen LogP contribution in [0.4, 0.5) is 10.6 Å². The van der Waals surface area contributed by atoms with Crippen LogP contribution in [0.15, 0.2) is 24.4 Å². The number of rotatable bonds is 5. The van der Waals surface area contributed by atoms with Gasteiger partial charge in [0.15, 0.2) is 0 Å². The van der Waals surface area contributed by atoms with Gasteiger partial charge in [0.25, 0.3) is 0 Å². The quantitative estimate of drug-likeness (QED) is 0.627. The predicted octanol–water partition coefficient (Wildman–Crippen LogP) is 3.47. The standard InChI is InChI=1S/C20H29N3O4/c1-5-26-18(24)9-7-15-6-8-17(21-14-15)22-16-10-12-23(13-11-16)19(25)27-20(2,3)4/h6-9,14,16H,5,10-13H2,1-4H3,(H,21,22)/b9-7+. The number of aromatic nitrogens is 1. The van der Waals surface area contributed by atoms with Crippen molar-refractivity contribution >= 4 is 24.0 Å². The number of nitrogens with zero attached hydrogens (tertiary/aromatic N) is 2. The molecule has 1 aromatic rings. The summed E-state index contributed by atoms with van der Waals surface area (Å²) in [7, 11) is 0. The van der Waals surface area contributed by atoms with Gasteiger partial charge in [-0.2, -0.15) is 0 Å². The van der Waals surface area contributed by atoms with Crippen molar-refractivity contribution in [2.75, 3.05) is 25.0 Å². The topological polar surface area (TPSA) is 80.8 Å². The molecular weight excluding hydrogens is 346 g/mol. The van der Waals surface area contributed by atoms with Crippen molar-refractivity contribution in [2.24, 2.45) is 0 Å². The first-order valence-electron chi connectivity index (χ1n) is 9.32. The molecule has 1 amide bonds. The van der Waals surface area contributed by atoms with Crippen LogP contribution in [-0.2, 0) is 14.3 Å². The average Bonchev–Trinajstić information content (AvgIpc) is 2.60. The van der Waals surface area contributed by atoms with Crippen LogP contribution in [0.5, 0.6) is 0 Å². The van der Waals surface area contributed by atoms with E-state index in [1.165, 1.54) is 6.08 Å². The summed E-state index contributed by atoms with van der Waals surface area (Å²) in [5, 5.41) is 3.40. The Hall–Kier alpha value is -2.57. The molecule has 1 fully saturated rings. The average molecular weight is 375 g/mol. The Balaban J connectivity index is 1.80. The minimum absolute atomic E-state index is 0.253. The molecule has 1 aromatic heterocycles. The number of anilines is 1. The zero-order valence-electron chi connectivity index (χ0n) is 16.5. The van der Waals surface area contributed by atoms with Gasteiger partial charge in [-0.25, -0.2) is 14.6 Å². The smallest absolute Gasteiger partial charge is 0.410 e. The van der Waals surface area contributed by atoms with Crippen LogP contribution in [0, 0.1) is 0 Å². The van der Waals surface area contributed by atoms with Gasteiger partial charge in [-0.3, -0.25) is 0 Å². The number of carbonyl (C=O) groups is 2. The fraction of sp³-hybridized carbons (Fsp3) is 0.550. The predicted molar refractivity (Wildman–Crippen MR) is 104 cm³/mol. The van der Waals surface area contributed by atoms with E-state index >= 15 is 0 Å². The molecule has 1 N–H and O–H groups in total. The van der Waals surface area contributed by atoms with Gasteiger partial charge in [-0.15, -0.1) is 0 Å². The summed E-state index contributed by atoms with van der Waals surface area (Å²) in [4.78, 5) is 29.5. The third-order valence-electron chi connectivity index (χ3n) is 3.98. The van der Waals surface area contributed by atoms with Crippen molar-refractivity contribution in [3.8, 4) is 0 Å². The summed E-state index contributed by atoms with van der Waals surface area (Å²) < 4.78 is 10.3. The van der Waals surface area contributed by atoms with Gasteiger partial charge in [-0.05, 0) is 64.3 Å². The number of piperidine rings is 1. The van der Waals surface area contributed by atoms with Gasteiger partial charge in [0, 0.05) is 31.4 Å². The number of hydrogen-bond donors (Lipinski definition) is 1. The summed E-state index contributed by atoms with van der Waals surface area (Å²) in [6, 6.07) is 4.03. The zero-order chi connectivity index (χ0) is 19.9. The molecule has 0 unspecified atom stereocenters. The number of amides is 1. The Kier molecular flexibility index (Phi) is 7.21. The third kappa shape index (κ3) is 7.29. The maximum atomic E-state index is 12.1. The summed E-state index contributed by atoms with van der Waals surface area (Å²) >= 11 is 0.